The summed E-state index contributed by atoms with van der Waals surface area (Å²) in [4.78, 5) is 12.4. The summed E-state index contributed by atoms with van der Waals surface area (Å²) in [6.07, 6.45) is 2.75. The third kappa shape index (κ3) is 4.30. The molecule has 0 radical (unpaired) electrons. The van der Waals surface area contributed by atoms with Crippen LogP contribution in [0.1, 0.15) is 32.1 Å². The summed E-state index contributed by atoms with van der Waals surface area (Å²) in [5.41, 5.74) is 0. The van der Waals surface area contributed by atoms with Gasteiger partial charge in [-0.2, -0.15) is 9.57 Å². The molecule has 1 unspecified atom stereocenters. The molecule has 0 aromatic heterocycles. The summed E-state index contributed by atoms with van der Waals surface area (Å²) in [7, 11) is -3.71. The first-order valence-corrected chi connectivity index (χ1v) is 9.12. The average Bonchev–Trinajstić information content (AvgIpc) is 2.59. The molecule has 0 saturated carbocycles. The molecule has 0 spiro atoms. The van der Waals surface area contributed by atoms with Gasteiger partial charge in [0.15, 0.2) is 0 Å². The number of benzene rings is 1. The molecule has 1 saturated heterocycles. The van der Waals surface area contributed by atoms with Crippen LogP contribution in [-0.4, -0.2) is 37.9 Å². The van der Waals surface area contributed by atoms with Crippen LogP contribution in [0.2, 0.25) is 0 Å². The van der Waals surface area contributed by atoms with E-state index in [1.54, 1.807) is 18.2 Å². The number of sulfonamides is 1. The van der Waals surface area contributed by atoms with Crippen molar-refractivity contribution < 1.29 is 17.9 Å². The van der Waals surface area contributed by atoms with Gasteiger partial charge in [-0.25, -0.2) is 8.42 Å². The molecular formula is C16H20N2O4S. The van der Waals surface area contributed by atoms with Gasteiger partial charge in [0.25, 0.3) is 0 Å². The van der Waals surface area contributed by atoms with Gasteiger partial charge >= 0.3 is 5.97 Å². The molecule has 1 aromatic carbocycles. The molecule has 2 rings (SSSR count). The smallest absolute Gasteiger partial charge is 0.324 e. The van der Waals surface area contributed by atoms with Gasteiger partial charge in [-0.3, -0.25) is 4.79 Å². The Morgan fingerprint density at radius 2 is 2.04 bits per heavy atom. The van der Waals surface area contributed by atoms with Crippen LogP contribution < -0.4 is 0 Å². The van der Waals surface area contributed by atoms with Gasteiger partial charge in [0.2, 0.25) is 10.0 Å². The van der Waals surface area contributed by atoms with Crippen LogP contribution in [0.4, 0.5) is 0 Å². The lowest BCUT2D eigenvalue weighted by molar-refractivity contribution is -0.149. The highest BCUT2D eigenvalue weighted by atomic mass is 32.2. The number of nitriles is 1. The van der Waals surface area contributed by atoms with Gasteiger partial charge < -0.3 is 4.74 Å². The quantitative estimate of drug-likeness (QED) is 0.586. The fourth-order valence-corrected chi connectivity index (χ4v) is 4.24. The summed E-state index contributed by atoms with van der Waals surface area (Å²) >= 11 is 0. The Labute approximate surface area is 136 Å². The van der Waals surface area contributed by atoms with E-state index >= 15 is 0 Å². The van der Waals surface area contributed by atoms with Gasteiger partial charge in [-0.05, 0) is 37.8 Å². The minimum Gasteiger partial charge on any atom is -0.464 e. The Bertz CT molecular complexity index is 667. The summed E-state index contributed by atoms with van der Waals surface area (Å²) in [6, 6.07) is 9.31. The van der Waals surface area contributed by atoms with Crippen LogP contribution in [0, 0.1) is 11.3 Å². The molecule has 0 bridgehead atoms. The summed E-state index contributed by atoms with van der Waals surface area (Å²) < 4.78 is 31.9. The maximum atomic E-state index is 12.8. The van der Waals surface area contributed by atoms with Crippen LogP contribution in [0.15, 0.2) is 35.2 Å². The predicted molar refractivity (Wildman–Crippen MR) is 83.8 cm³/mol. The fourth-order valence-electron chi connectivity index (χ4n) is 2.58. The van der Waals surface area contributed by atoms with Gasteiger partial charge in [0, 0.05) is 13.0 Å². The molecule has 7 heteroatoms. The topological polar surface area (TPSA) is 87.5 Å². The molecule has 1 atom stereocenters. The van der Waals surface area contributed by atoms with Crippen LogP contribution in [0.5, 0.6) is 0 Å². The summed E-state index contributed by atoms with van der Waals surface area (Å²) in [5.74, 6) is -0.526. The first-order chi connectivity index (χ1) is 11.1. The predicted octanol–water partition coefficient (Wildman–Crippen LogP) is 2.08. The number of esters is 1. The number of piperidine rings is 1. The number of nitrogens with zero attached hydrogens (tertiary/aromatic N) is 2. The van der Waals surface area contributed by atoms with Crippen molar-refractivity contribution in [1.82, 2.24) is 4.31 Å². The molecule has 1 aliphatic rings. The largest absolute Gasteiger partial charge is 0.464 e. The Morgan fingerprint density at radius 1 is 1.30 bits per heavy atom. The van der Waals surface area contributed by atoms with E-state index in [-0.39, 0.29) is 11.5 Å². The highest BCUT2D eigenvalue weighted by Gasteiger charge is 2.38. The van der Waals surface area contributed by atoms with Crippen molar-refractivity contribution in [3.8, 4) is 6.07 Å². The molecule has 0 aliphatic carbocycles. The molecule has 23 heavy (non-hydrogen) atoms. The normalized spacial score (nSPS) is 19.0. The number of hydrogen-bond donors (Lipinski definition) is 0. The van der Waals surface area contributed by atoms with E-state index < -0.39 is 22.0 Å². The van der Waals surface area contributed by atoms with E-state index in [0.29, 0.717) is 25.8 Å². The molecular weight excluding hydrogens is 316 g/mol. The molecule has 1 aliphatic heterocycles. The Balaban J connectivity index is 2.12. The number of unbranched alkanes of at least 4 members (excludes halogenated alkanes) is 1. The lowest BCUT2D eigenvalue weighted by atomic mass is 10.1. The highest BCUT2D eigenvalue weighted by molar-refractivity contribution is 7.89. The lowest BCUT2D eigenvalue weighted by Crippen LogP contribution is -2.48. The van der Waals surface area contributed by atoms with Crippen LogP contribution in [0.3, 0.4) is 0 Å². The average molecular weight is 336 g/mol. The van der Waals surface area contributed by atoms with E-state index in [9.17, 15) is 13.2 Å². The Hall–Kier alpha value is -1.91. The number of rotatable bonds is 6. The lowest BCUT2D eigenvalue weighted by Gasteiger charge is -2.33. The summed E-state index contributed by atoms with van der Waals surface area (Å²) in [6.45, 7) is 0.456. The van der Waals surface area contributed by atoms with Crippen molar-refractivity contribution in [3.63, 3.8) is 0 Å². The molecule has 0 N–H and O–H groups in total. The number of hydrogen-bond acceptors (Lipinski definition) is 5. The van der Waals surface area contributed by atoms with Gasteiger partial charge in [-0.15, -0.1) is 0 Å². The molecule has 1 aromatic rings. The van der Waals surface area contributed by atoms with E-state index in [1.807, 2.05) is 6.07 Å². The Kier molecular flexibility index (Phi) is 6.13. The zero-order chi connectivity index (χ0) is 16.7. The molecule has 1 heterocycles. The van der Waals surface area contributed by atoms with Crippen molar-refractivity contribution in [3.05, 3.63) is 30.3 Å². The monoisotopic (exact) mass is 336 g/mol. The number of carbonyl (C=O) groups is 1. The van der Waals surface area contributed by atoms with Crippen LogP contribution in [-0.2, 0) is 19.6 Å². The first-order valence-electron chi connectivity index (χ1n) is 7.68. The van der Waals surface area contributed by atoms with Gasteiger partial charge in [0.1, 0.15) is 6.04 Å². The minimum absolute atomic E-state index is 0.141. The molecule has 6 nitrogen and oxygen atoms in total. The highest BCUT2D eigenvalue weighted by Crippen LogP contribution is 2.26. The number of ether oxygens (including phenoxy) is 1. The minimum atomic E-state index is -3.71. The van der Waals surface area contributed by atoms with Crippen LogP contribution >= 0.6 is 0 Å². The van der Waals surface area contributed by atoms with Gasteiger partial charge in [-0.1, -0.05) is 18.2 Å². The maximum absolute atomic E-state index is 12.8. The van der Waals surface area contributed by atoms with Crippen molar-refractivity contribution in [2.75, 3.05) is 13.2 Å². The van der Waals surface area contributed by atoms with Crippen molar-refractivity contribution >= 4 is 16.0 Å². The standard InChI is InChI=1S/C16H20N2O4S/c17-11-5-7-13-22-16(19)15-10-4-6-12-18(15)23(20,21)14-8-2-1-3-9-14/h1-3,8-9,15H,4-7,10,12-13H2. The van der Waals surface area contributed by atoms with E-state index in [4.69, 9.17) is 10.00 Å². The van der Waals surface area contributed by atoms with Gasteiger partial charge in [0.05, 0.1) is 17.6 Å². The second-order valence-electron chi connectivity index (χ2n) is 5.37. The third-order valence-electron chi connectivity index (χ3n) is 3.75. The zero-order valence-electron chi connectivity index (χ0n) is 12.8. The van der Waals surface area contributed by atoms with Crippen LogP contribution in [0.25, 0.3) is 0 Å². The SMILES string of the molecule is N#CCCCOC(=O)C1CCCCN1S(=O)(=O)c1ccccc1. The zero-order valence-corrected chi connectivity index (χ0v) is 13.7. The fraction of sp³-hybridized carbons (Fsp3) is 0.500. The van der Waals surface area contributed by atoms with E-state index in [1.165, 1.54) is 16.4 Å². The van der Waals surface area contributed by atoms with Crippen molar-refractivity contribution in [1.29, 1.82) is 5.26 Å². The first kappa shape index (κ1) is 17.4. The second kappa shape index (κ2) is 8.09. The van der Waals surface area contributed by atoms with Crippen molar-refractivity contribution in [2.45, 2.75) is 43.0 Å². The van der Waals surface area contributed by atoms with E-state index in [0.717, 1.165) is 12.8 Å². The molecule has 124 valence electrons. The van der Waals surface area contributed by atoms with E-state index in [2.05, 4.69) is 0 Å². The summed E-state index contributed by atoms with van der Waals surface area (Å²) in [5, 5.41) is 8.48. The molecule has 0 amide bonds. The number of carbonyl (C=O) groups excluding carboxylic acids is 1. The third-order valence-corrected chi connectivity index (χ3v) is 5.68. The Morgan fingerprint density at radius 3 is 2.74 bits per heavy atom. The second-order valence-corrected chi connectivity index (χ2v) is 7.26. The maximum Gasteiger partial charge on any atom is 0.324 e. The molecule has 1 fully saturated rings. The van der Waals surface area contributed by atoms with Crippen molar-refractivity contribution in [2.24, 2.45) is 0 Å².